The molecule has 128 valence electrons. The molecule has 2 amide bonds. The third-order valence-corrected chi connectivity index (χ3v) is 4.35. The summed E-state index contributed by atoms with van der Waals surface area (Å²) in [6.45, 7) is 0.833. The zero-order valence-corrected chi connectivity index (χ0v) is 13.5. The molecule has 1 atom stereocenters. The fourth-order valence-electron chi connectivity index (χ4n) is 3.13. The smallest absolute Gasteiger partial charge is 0.277 e. The molecule has 0 spiro atoms. The Morgan fingerprint density at radius 1 is 1.28 bits per heavy atom. The van der Waals surface area contributed by atoms with Crippen LogP contribution in [0.5, 0.6) is 0 Å². The van der Waals surface area contributed by atoms with Crippen molar-refractivity contribution >= 4 is 17.5 Å². The van der Waals surface area contributed by atoms with Crippen molar-refractivity contribution in [3.05, 3.63) is 54.6 Å². The van der Waals surface area contributed by atoms with Gasteiger partial charge in [0.25, 0.3) is 5.91 Å². The molecular weight excluding hydrogens is 322 g/mol. The quantitative estimate of drug-likeness (QED) is 0.772. The van der Waals surface area contributed by atoms with Crippen molar-refractivity contribution in [3.63, 3.8) is 0 Å². The van der Waals surface area contributed by atoms with E-state index < -0.39 is 6.04 Å². The number of nitrogens with zero attached hydrogens (tertiary/aromatic N) is 4. The Hall–Kier alpha value is -3.16. The second-order valence-corrected chi connectivity index (χ2v) is 5.89. The lowest BCUT2D eigenvalue weighted by Crippen LogP contribution is -2.46. The second kappa shape index (κ2) is 6.39. The minimum atomic E-state index is -0.500. The van der Waals surface area contributed by atoms with Crippen molar-refractivity contribution < 1.29 is 14.0 Å². The molecule has 0 bridgehead atoms. The number of likely N-dealkylation sites (tertiary alicyclic amines) is 1. The molecule has 0 aliphatic carbocycles. The monoisotopic (exact) mass is 339 g/mol. The number of furan rings is 1. The van der Waals surface area contributed by atoms with Crippen LogP contribution < -0.4 is 5.32 Å². The zero-order chi connectivity index (χ0) is 17.2. The molecule has 4 heterocycles. The molecular formula is C17H17N5O3. The molecule has 8 heteroatoms. The molecule has 0 saturated carbocycles. The van der Waals surface area contributed by atoms with E-state index in [4.69, 9.17) is 4.42 Å². The van der Waals surface area contributed by atoms with Gasteiger partial charge in [0, 0.05) is 31.3 Å². The van der Waals surface area contributed by atoms with Gasteiger partial charge in [-0.3, -0.25) is 9.59 Å². The fourth-order valence-corrected chi connectivity index (χ4v) is 3.13. The van der Waals surface area contributed by atoms with Crippen LogP contribution in [0.25, 0.3) is 5.65 Å². The summed E-state index contributed by atoms with van der Waals surface area (Å²) in [7, 11) is 0. The molecule has 1 unspecified atom stereocenters. The summed E-state index contributed by atoms with van der Waals surface area (Å²) in [5.74, 6) is 0.220. The summed E-state index contributed by atoms with van der Waals surface area (Å²) in [6.07, 6.45) is 9.64. The maximum Gasteiger partial charge on any atom is 0.277 e. The van der Waals surface area contributed by atoms with Crippen molar-refractivity contribution in [2.45, 2.75) is 25.4 Å². The van der Waals surface area contributed by atoms with Crippen molar-refractivity contribution in [2.24, 2.45) is 0 Å². The standard InChI is InChI=1S/C17H17N5O3/c23-16(20-11-12-3-2-10-25-12)13-4-1-7-22(13)17(24)14-15-19-6-9-21(15)8-5-18-14/h2-3,5-6,8-10,13H,1,4,7,11H2,(H,20,23). The first-order chi connectivity index (χ1) is 12.2. The molecule has 4 rings (SSSR count). The van der Waals surface area contributed by atoms with Crippen LogP contribution in [0, 0.1) is 0 Å². The predicted octanol–water partition coefficient (Wildman–Crippen LogP) is 1.24. The number of nitrogens with one attached hydrogen (secondary N) is 1. The van der Waals surface area contributed by atoms with Crippen molar-refractivity contribution in [1.82, 2.24) is 24.6 Å². The van der Waals surface area contributed by atoms with Gasteiger partial charge in [-0.1, -0.05) is 0 Å². The summed E-state index contributed by atoms with van der Waals surface area (Å²) < 4.78 is 6.95. The van der Waals surface area contributed by atoms with E-state index in [1.54, 1.807) is 52.5 Å². The van der Waals surface area contributed by atoms with Crippen LogP contribution in [-0.4, -0.2) is 43.7 Å². The molecule has 1 aliphatic rings. The minimum absolute atomic E-state index is 0.183. The normalized spacial score (nSPS) is 17.1. The maximum absolute atomic E-state index is 12.9. The minimum Gasteiger partial charge on any atom is -0.467 e. The number of fused-ring (bicyclic) bond motifs is 1. The topological polar surface area (TPSA) is 92.7 Å². The lowest BCUT2D eigenvalue weighted by molar-refractivity contribution is -0.125. The third kappa shape index (κ3) is 2.86. The number of amides is 2. The average Bonchev–Trinajstić information content (AvgIpc) is 3.39. The number of rotatable bonds is 4. The van der Waals surface area contributed by atoms with Gasteiger partial charge in [0.2, 0.25) is 5.91 Å². The first-order valence-electron chi connectivity index (χ1n) is 8.13. The predicted molar refractivity (Wildman–Crippen MR) is 87.6 cm³/mol. The van der Waals surface area contributed by atoms with Gasteiger partial charge in [-0.25, -0.2) is 9.97 Å². The van der Waals surface area contributed by atoms with Gasteiger partial charge >= 0.3 is 0 Å². The summed E-state index contributed by atoms with van der Waals surface area (Å²) in [4.78, 5) is 35.4. The number of hydrogen-bond donors (Lipinski definition) is 1. The molecule has 0 radical (unpaired) electrons. The Kier molecular flexibility index (Phi) is 3.93. The highest BCUT2D eigenvalue weighted by molar-refractivity contribution is 6.00. The Morgan fingerprint density at radius 2 is 2.12 bits per heavy atom. The zero-order valence-electron chi connectivity index (χ0n) is 13.5. The van der Waals surface area contributed by atoms with Gasteiger partial charge in [-0.05, 0) is 25.0 Å². The largest absolute Gasteiger partial charge is 0.467 e. The van der Waals surface area contributed by atoms with E-state index >= 15 is 0 Å². The first kappa shape index (κ1) is 15.4. The van der Waals surface area contributed by atoms with Crippen LogP contribution >= 0.6 is 0 Å². The van der Waals surface area contributed by atoms with Crippen LogP contribution in [0.1, 0.15) is 29.1 Å². The van der Waals surface area contributed by atoms with Crippen LogP contribution in [0.3, 0.4) is 0 Å². The van der Waals surface area contributed by atoms with Crippen molar-refractivity contribution in [3.8, 4) is 0 Å². The molecule has 8 nitrogen and oxygen atoms in total. The average molecular weight is 339 g/mol. The van der Waals surface area contributed by atoms with E-state index in [-0.39, 0.29) is 17.5 Å². The second-order valence-electron chi connectivity index (χ2n) is 5.89. The summed E-state index contributed by atoms with van der Waals surface area (Å²) in [5.41, 5.74) is 0.757. The van der Waals surface area contributed by atoms with Gasteiger partial charge in [0.15, 0.2) is 11.3 Å². The molecule has 1 N–H and O–H groups in total. The summed E-state index contributed by atoms with van der Waals surface area (Å²) >= 11 is 0. The van der Waals surface area contributed by atoms with Crippen molar-refractivity contribution in [2.75, 3.05) is 6.54 Å². The van der Waals surface area contributed by atoms with Crippen molar-refractivity contribution in [1.29, 1.82) is 0 Å². The SMILES string of the molecule is O=C(NCc1ccco1)C1CCCN1C(=O)c1nccn2ccnc12. The van der Waals surface area contributed by atoms with E-state index in [1.165, 1.54) is 0 Å². The van der Waals surface area contributed by atoms with Gasteiger partial charge in [0.05, 0.1) is 12.8 Å². The first-order valence-corrected chi connectivity index (χ1v) is 8.13. The lowest BCUT2D eigenvalue weighted by Gasteiger charge is -2.23. The summed E-state index contributed by atoms with van der Waals surface area (Å²) in [6, 6.07) is 3.06. The van der Waals surface area contributed by atoms with Gasteiger partial charge in [-0.2, -0.15) is 0 Å². The van der Waals surface area contributed by atoms with Gasteiger partial charge in [-0.15, -0.1) is 0 Å². The van der Waals surface area contributed by atoms with E-state index in [9.17, 15) is 9.59 Å². The maximum atomic E-state index is 12.9. The molecule has 1 fully saturated rings. The molecule has 0 aromatic carbocycles. The third-order valence-electron chi connectivity index (χ3n) is 4.35. The lowest BCUT2D eigenvalue weighted by atomic mass is 10.2. The Morgan fingerprint density at radius 3 is 2.92 bits per heavy atom. The van der Waals surface area contributed by atoms with Crippen LogP contribution in [0.2, 0.25) is 0 Å². The van der Waals surface area contributed by atoms with Crippen LogP contribution in [-0.2, 0) is 11.3 Å². The number of carbonyl (C=O) groups excluding carboxylic acids is 2. The molecule has 1 saturated heterocycles. The Bertz CT molecular complexity index is 902. The van der Waals surface area contributed by atoms with Gasteiger partial charge < -0.3 is 19.0 Å². The van der Waals surface area contributed by atoms with E-state index in [1.807, 2.05) is 0 Å². The van der Waals surface area contributed by atoms with Crippen LogP contribution in [0.4, 0.5) is 0 Å². The highest BCUT2D eigenvalue weighted by Crippen LogP contribution is 2.21. The fraction of sp³-hybridized carbons (Fsp3) is 0.294. The van der Waals surface area contributed by atoms with E-state index in [0.29, 0.717) is 30.9 Å². The Balaban J connectivity index is 1.51. The number of hydrogen-bond acceptors (Lipinski definition) is 5. The molecule has 25 heavy (non-hydrogen) atoms. The molecule has 1 aliphatic heterocycles. The number of imidazole rings is 1. The van der Waals surface area contributed by atoms with E-state index in [0.717, 1.165) is 6.42 Å². The van der Waals surface area contributed by atoms with E-state index in [2.05, 4.69) is 15.3 Å². The van der Waals surface area contributed by atoms with Gasteiger partial charge in [0.1, 0.15) is 11.8 Å². The molecule has 3 aromatic heterocycles. The highest BCUT2D eigenvalue weighted by Gasteiger charge is 2.35. The highest BCUT2D eigenvalue weighted by atomic mass is 16.3. The number of carbonyl (C=O) groups is 2. The number of aromatic nitrogens is 3. The Labute approximate surface area is 143 Å². The molecule has 3 aromatic rings. The summed E-state index contributed by atoms with van der Waals surface area (Å²) in [5, 5.41) is 2.83. The van der Waals surface area contributed by atoms with Crippen LogP contribution in [0.15, 0.2) is 47.6 Å².